The van der Waals surface area contributed by atoms with Crippen LogP contribution in [0.4, 0.5) is 5.69 Å². The smallest absolute Gasteiger partial charge is 0.265 e. The zero-order chi connectivity index (χ0) is 24.4. The first-order chi connectivity index (χ1) is 16.1. The van der Waals surface area contributed by atoms with Crippen molar-refractivity contribution in [3.63, 3.8) is 0 Å². The zero-order valence-electron chi connectivity index (χ0n) is 21.5. The highest BCUT2D eigenvalue weighted by Crippen LogP contribution is 2.27. The molecule has 1 aromatic heterocycles. The second-order valence-corrected chi connectivity index (χ2v) is 8.11. The third-order valence-corrected chi connectivity index (χ3v) is 5.73. The van der Waals surface area contributed by atoms with Gasteiger partial charge in [-0.05, 0) is 61.6 Å². The van der Waals surface area contributed by atoms with E-state index in [9.17, 15) is 4.79 Å². The lowest BCUT2D eigenvalue weighted by Crippen LogP contribution is -2.21. The number of unbranched alkanes of at least 4 members (excludes halogenated alkanes) is 1. The summed E-state index contributed by atoms with van der Waals surface area (Å²) in [6, 6.07) is 11.8. The molecule has 0 N–H and O–H groups in total. The minimum Gasteiger partial charge on any atom is -0.494 e. The Hall–Kier alpha value is -2.82. The summed E-state index contributed by atoms with van der Waals surface area (Å²) >= 11 is 0. The molecule has 1 fully saturated rings. The number of rotatable bonds is 6. The molecule has 4 rings (SSSR count). The van der Waals surface area contributed by atoms with Crippen LogP contribution in [0, 0.1) is 12.8 Å². The Morgan fingerprint density at radius 2 is 1.85 bits per heavy atom. The van der Waals surface area contributed by atoms with E-state index in [0.29, 0.717) is 17.5 Å². The maximum atomic E-state index is 13.1. The summed E-state index contributed by atoms with van der Waals surface area (Å²) in [5, 5.41) is 0.604. The molecule has 2 aromatic carbocycles. The van der Waals surface area contributed by atoms with Crippen molar-refractivity contribution in [2.45, 2.75) is 67.7 Å². The molecule has 33 heavy (non-hydrogen) atoms. The van der Waals surface area contributed by atoms with Crippen LogP contribution in [0.25, 0.3) is 16.6 Å². The number of aromatic nitrogens is 2. The lowest BCUT2D eigenvalue weighted by Gasteiger charge is -2.20. The van der Waals surface area contributed by atoms with Crippen molar-refractivity contribution in [1.29, 1.82) is 0 Å². The van der Waals surface area contributed by atoms with Crippen LogP contribution < -0.4 is 15.2 Å². The largest absolute Gasteiger partial charge is 0.494 e. The number of nitrogens with zero attached hydrogens (tertiary/aromatic N) is 3. The van der Waals surface area contributed by atoms with Gasteiger partial charge in [0.1, 0.15) is 12.1 Å². The molecule has 1 atom stereocenters. The number of benzene rings is 2. The van der Waals surface area contributed by atoms with Crippen LogP contribution in [0.5, 0.6) is 5.75 Å². The maximum absolute atomic E-state index is 13.1. The lowest BCUT2D eigenvalue weighted by atomic mass is 10.1. The summed E-state index contributed by atoms with van der Waals surface area (Å²) in [6.45, 7) is 17.4. The van der Waals surface area contributed by atoms with Crippen molar-refractivity contribution in [3.8, 4) is 11.4 Å². The van der Waals surface area contributed by atoms with Crippen LogP contribution in [0.3, 0.4) is 0 Å². The average Bonchev–Trinajstić information content (AvgIpc) is 3.29. The second kappa shape index (κ2) is 13.0. The van der Waals surface area contributed by atoms with Gasteiger partial charge in [-0.3, -0.25) is 9.36 Å². The molecule has 0 aliphatic carbocycles. The molecular weight excluding hydrogens is 410 g/mol. The quantitative estimate of drug-likeness (QED) is 0.388. The Bertz CT molecular complexity index is 1070. The SMILES string of the molecule is CC.CC.CCCCOc1ccc2c(=O)n(-c3ccc(N4CCC(C)C4)cc3C)cnc2c1. The molecule has 1 saturated heterocycles. The molecule has 0 radical (unpaired) electrons. The molecule has 2 heterocycles. The van der Waals surface area contributed by atoms with Crippen LogP contribution in [-0.2, 0) is 0 Å². The van der Waals surface area contributed by atoms with Crippen LogP contribution in [-0.4, -0.2) is 29.2 Å². The van der Waals surface area contributed by atoms with Gasteiger partial charge in [0.05, 0.1) is 23.2 Å². The van der Waals surface area contributed by atoms with Gasteiger partial charge in [-0.1, -0.05) is 48.0 Å². The third-order valence-electron chi connectivity index (χ3n) is 5.73. The summed E-state index contributed by atoms with van der Waals surface area (Å²) in [4.78, 5) is 20.1. The molecular formula is C28H41N3O2. The zero-order valence-corrected chi connectivity index (χ0v) is 21.5. The third kappa shape index (κ3) is 6.37. The molecule has 1 unspecified atom stereocenters. The number of aryl methyl sites for hydroxylation is 1. The van der Waals surface area contributed by atoms with Crippen molar-refractivity contribution in [2.24, 2.45) is 5.92 Å². The Morgan fingerprint density at radius 1 is 1.09 bits per heavy atom. The molecule has 1 aliphatic heterocycles. The molecule has 0 bridgehead atoms. The maximum Gasteiger partial charge on any atom is 0.265 e. The first kappa shape index (κ1) is 26.4. The number of ether oxygens (including phenoxy) is 1. The molecule has 180 valence electrons. The van der Waals surface area contributed by atoms with Crippen LogP contribution >= 0.6 is 0 Å². The monoisotopic (exact) mass is 451 g/mol. The van der Waals surface area contributed by atoms with E-state index in [1.807, 2.05) is 52.0 Å². The van der Waals surface area contributed by atoms with E-state index in [1.54, 1.807) is 10.9 Å². The predicted molar refractivity (Wildman–Crippen MR) is 141 cm³/mol. The molecule has 0 spiro atoms. The minimum atomic E-state index is -0.0549. The Kier molecular flexibility index (Phi) is 10.4. The number of fused-ring (bicyclic) bond motifs is 1. The van der Waals surface area contributed by atoms with Crippen molar-refractivity contribution in [3.05, 3.63) is 58.6 Å². The normalized spacial score (nSPS) is 14.9. The van der Waals surface area contributed by atoms with E-state index in [1.165, 1.54) is 12.1 Å². The van der Waals surface area contributed by atoms with Gasteiger partial charge < -0.3 is 9.64 Å². The van der Waals surface area contributed by atoms with Crippen LogP contribution in [0.1, 0.15) is 66.4 Å². The van der Waals surface area contributed by atoms with Crippen molar-refractivity contribution < 1.29 is 4.74 Å². The number of anilines is 1. The van der Waals surface area contributed by atoms with Gasteiger partial charge >= 0.3 is 0 Å². The van der Waals surface area contributed by atoms with Gasteiger partial charge in [0, 0.05) is 24.8 Å². The minimum absolute atomic E-state index is 0.0549. The van der Waals surface area contributed by atoms with Gasteiger partial charge in [-0.25, -0.2) is 4.98 Å². The van der Waals surface area contributed by atoms with Crippen LogP contribution in [0.2, 0.25) is 0 Å². The standard InChI is InChI=1S/C24H29N3O2.2C2H6/c1-4-5-12-29-20-7-8-21-22(14-20)25-16-27(24(21)28)23-9-6-19(13-18(23)3)26-11-10-17(2)15-26;2*1-2/h6-9,13-14,16-17H,4-5,10-12,15H2,1-3H3;2*1-2H3. The van der Waals surface area contributed by atoms with E-state index < -0.39 is 0 Å². The van der Waals surface area contributed by atoms with E-state index in [0.717, 1.165) is 48.8 Å². The van der Waals surface area contributed by atoms with E-state index >= 15 is 0 Å². The van der Waals surface area contributed by atoms with Crippen molar-refractivity contribution >= 4 is 16.6 Å². The van der Waals surface area contributed by atoms with E-state index in [-0.39, 0.29) is 5.56 Å². The predicted octanol–water partition coefficient (Wildman–Crippen LogP) is 6.77. The first-order valence-corrected chi connectivity index (χ1v) is 12.6. The fourth-order valence-electron chi connectivity index (χ4n) is 3.97. The first-order valence-electron chi connectivity index (χ1n) is 12.6. The molecule has 3 aromatic rings. The highest BCUT2D eigenvalue weighted by Gasteiger charge is 2.19. The van der Waals surface area contributed by atoms with E-state index in [4.69, 9.17) is 4.74 Å². The molecule has 5 nitrogen and oxygen atoms in total. The molecule has 5 heteroatoms. The van der Waals surface area contributed by atoms with Gasteiger partial charge in [0.25, 0.3) is 5.56 Å². The molecule has 1 aliphatic rings. The summed E-state index contributed by atoms with van der Waals surface area (Å²) in [5.41, 5.74) is 3.79. The topological polar surface area (TPSA) is 47.4 Å². The number of hydrogen-bond donors (Lipinski definition) is 0. The van der Waals surface area contributed by atoms with Gasteiger partial charge in [-0.15, -0.1) is 0 Å². The summed E-state index contributed by atoms with van der Waals surface area (Å²) in [6.07, 6.45) is 4.96. The average molecular weight is 452 g/mol. The fourth-order valence-corrected chi connectivity index (χ4v) is 3.97. The molecule has 0 amide bonds. The highest BCUT2D eigenvalue weighted by molar-refractivity contribution is 5.79. The van der Waals surface area contributed by atoms with Gasteiger partial charge in [0.15, 0.2) is 0 Å². The highest BCUT2D eigenvalue weighted by atomic mass is 16.5. The lowest BCUT2D eigenvalue weighted by molar-refractivity contribution is 0.310. The summed E-state index contributed by atoms with van der Waals surface area (Å²) in [5.74, 6) is 1.49. The Morgan fingerprint density at radius 3 is 2.48 bits per heavy atom. The number of hydrogen-bond acceptors (Lipinski definition) is 4. The van der Waals surface area contributed by atoms with Gasteiger partial charge in [0.2, 0.25) is 0 Å². The van der Waals surface area contributed by atoms with Gasteiger partial charge in [-0.2, -0.15) is 0 Å². The Labute approximate surface area is 199 Å². The summed E-state index contributed by atoms with van der Waals surface area (Å²) in [7, 11) is 0. The van der Waals surface area contributed by atoms with Crippen LogP contribution in [0.15, 0.2) is 47.5 Å². The Balaban J connectivity index is 0.000000914. The van der Waals surface area contributed by atoms with Crippen molar-refractivity contribution in [1.82, 2.24) is 9.55 Å². The van der Waals surface area contributed by atoms with E-state index in [2.05, 4.69) is 42.8 Å². The van der Waals surface area contributed by atoms with Crippen molar-refractivity contribution in [2.75, 3.05) is 24.6 Å². The molecule has 0 saturated carbocycles. The summed E-state index contributed by atoms with van der Waals surface area (Å²) < 4.78 is 7.39. The fraction of sp³-hybridized carbons (Fsp3) is 0.500. The second-order valence-electron chi connectivity index (χ2n) is 8.11.